The van der Waals surface area contributed by atoms with Crippen LogP contribution in [-0.4, -0.2) is 42.3 Å². The van der Waals surface area contributed by atoms with Gasteiger partial charge in [-0.3, -0.25) is 0 Å². The highest BCUT2D eigenvalue weighted by Crippen LogP contribution is 2.22. The van der Waals surface area contributed by atoms with Crippen LogP contribution >= 0.6 is 0 Å². The fourth-order valence-electron chi connectivity index (χ4n) is 1.83. The third kappa shape index (κ3) is 4.58. The Balaban J connectivity index is 2.65. The van der Waals surface area contributed by atoms with Crippen LogP contribution in [0.3, 0.4) is 0 Å². The maximum absolute atomic E-state index is 11.9. The predicted molar refractivity (Wildman–Crippen MR) is 71.8 cm³/mol. The number of rotatable bonds is 2. The van der Waals surface area contributed by atoms with Crippen LogP contribution in [0.25, 0.3) is 0 Å². The molecule has 5 nitrogen and oxygen atoms in total. The minimum atomic E-state index is -0.500. The van der Waals surface area contributed by atoms with Gasteiger partial charge in [0.25, 0.3) is 0 Å². The maximum atomic E-state index is 11.9. The zero-order chi connectivity index (χ0) is 14.6. The van der Waals surface area contributed by atoms with Crippen molar-refractivity contribution in [3.63, 3.8) is 0 Å². The third-order valence-corrected chi connectivity index (χ3v) is 2.83. The average Bonchev–Trinajstić information content (AvgIpc) is 2.75. The first-order chi connectivity index (χ1) is 8.74. The second kappa shape index (κ2) is 6.08. The highest BCUT2D eigenvalue weighted by atomic mass is 16.6. The summed E-state index contributed by atoms with van der Waals surface area (Å²) < 4.78 is 10.3. The van der Waals surface area contributed by atoms with Crippen LogP contribution in [0.15, 0.2) is 11.1 Å². The highest BCUT2D eigenvalue weighted by Gasteiger charge is 2.28. The maximum Gasteiger partial charge on any atom is 0.410 e. The number of carbonyl (C=O) groups is 2. The number of hydrogen-bond donors (Lipinski definition) is 0. The minimum Gasteiger partial charge on any atom is -0.463 e. The molecule has 0 unspecified atom stereocenters. The Kier molecular flexibility index (Phi) is 4.97. The van der Waals surface area contributed by atoms with Crippen LogP contribution < -0.4 is 0 Å². The quantitative estimate of drug-likeness (QED) is 0.571. The highest BCUT2D eigenvalue weighted by molar-refractivity contribution is 5.89. The zero-order valence-corrected chi connectivity index (χ0v) is 12.4. The Morgan fingerprint density at radius 1 is 1.32 bits per heavy atom. The van der Waals surface area contributed by atoms with E-state index in [9.17, 15) is 9.59 Å². The molecule has 1 saturated heterocycles. The van der Waals surface area contributed by atoms with Gasteiger partial charge in [-0.15, -0.1) is 0 Å². The molecule has 0 spiro atoms. The number of carbonyl (C=O) groups excluding carboxylic acids is 2. The fraction of sp³-hybridized carbons (Fsp3) is 0.714. The van der Waals surface area contributed by atoms with Gasteiger partial charge in [0.15, 0.2) is 0 Å². The predicted octanol–water partition coefficient (Wildman–Crippen LogP) is 2.51. The molecule has 0 aliphatic carbocycles. The van der Waals surface area contributed by atoms with E-state index in [-0.39, 0.29) is 12.1 Å². The lowest BCUT2D eigenvalue weighted by atomic mass is 10.1. The summed E-state index contributed by atoms with van der Waals surface area (Å²) in [4.78, 5) is 25.1. The SMILES string of the molecule is CCOC(=O)C(C)=C1CCN(C(=O)OC(C)(C)C)C1. The fourth-order valence-corrected chi connectivity index (χ4v) is 1.83. The van der Waals surface area contributed by atoms with E-state index in [4.69, 9.17) is 9.47 Å². The first-order valence-corrected chi connectivity index (χ1v) is 6.58. The number of ether oxygens (including phenoxy) is 2. The van der Waals surface area contributed by atoms with Crippen molar-refractivity contribution < 1.29 is 19.1 Å². The van der Waals surface area contributed by atoms with Gasteiger partial charge in [0.2, 0.25) is 0 Å². The summed E-state index contributed by atoms with van der Waals surface area (Å²) in [5.41, 5.74) is 1.05. The summed E-state index contributed by atoms with van der Waals surface area (Å²) in [6.07, 6.45) is 0.364. The molecule has 1 heterocycles. The van der Waals surface area contributed by atoms with Crippen LogP contribution in [0.5, 0.6) is 0 Å². The molecular formula is C14H23NO4. The molecule has 0 atom stereocenters. The Bertz CT molecular complexity index is 393. The van der Waals surface area contributed by atoms with Crippen molar-refractivity contribution in [2.24, 2.45) is 0 Å². The van der Waals surface area contributed by atoms with Crippen LogP contribution in [0.1, 0.15) is 41.0 Å². The van der Waals surface area contributed by atoms with E-state index in [1.165, 1.54) is 0 Å². The summed E-state index contributed by atoms with van der Waals surface area (Å²) in [5, 5.41) is 0. The van der Waals surface area contributed by atoms with Gasteiger partial charge in [-0.2, -0.15) is 0 Å². The second-order valence-electron chi connectivity index (χ2n) is 5.60. The van der Waals surface area contributed by atoms with Crippen LogP contribution in [0.2, 0.25) is 0 Å². The number of esters is 1. The van der Waals surface area contributed by atoms with E-state index in [0.717, 1.165) is 5.57 Å². The molecule has 1 amide bonds. The third-order valence-electron chi connectivity index (χ3n) is 2.83. The summed E-state index contributed by atoms with van der Waals surface area (Å²) in [6, 6.07) is 0. The van der Waals surface area contributed by atoms with Gasteiger partial charge in [-0.05, 0) is 46.6 Å². The van der Waals surface area contributed by atoms with E-state index in [1.54, 1.807) is 18.7 Å². The average molecular weight is 269 g/mol. The Morgan fingerprint density at radius 2 is 1.95 bits per heavy atom. The van der Waals surface area contributed by atoms with Gasteiger partial charge >= 0.3 is 12.1 Å². The van der Waals surface area contributed by atoms with E-state index in [2.05, 4.69) is 0 Å². The molecule has 0 aromatic carbocycles. The molecule has 0 aromatic rings. The van der Waals surface area contributed by atoms with Crippen LogP contribution in [-0.2, 0) is 14.3 Å². The van der Waals surface area contributed by atoms with Crippen molar-refractivity contribution in [3.05, 3.63) is 11.1 Å². The largest absolute Gasteiger partial charge is 0.463 e. The smallest absolute Gasteiger partial charge is 0.410 e. The lowest BCUT2D eigenvalue weighted by molar-refractivity contribution is -0.138. The van der Waals surface area contributed by atoms with E-state index < -0.39 is 5.60 Å². The molecular weight excluding hydrogens is 246 g/mol. The van der Waals surface area contributed by atoms with Crippen molar-refractivity contribution in [1.29, 1.82) is 0 Å². The van der Waals surface area contributed by atoms with Gasteiger partial charge in [0.1, 0.15) is 5.60 Å². The van der Waals surface area contributed by atoms with Crippen molar-refractivity contribution in [2.75, 3.05) is 19.7 Å². The van der Waals surface area contributed by atoms with E-state index >= 15 is 0 Å². The molecule has 1 rings (SSSR count). The summed E-state index contributed by atoms with van der Waals surface area (Å²) in [6.45, 7) is 10.4. The number of hydrogen-bond acceptors (Lipinski definition) is 4. The Morgan fingerprint density at radius 3 is 2.47 bits per heavy atom. The lowest BCUT2D eigenvalue weighted by Crippen LogP contribution is -2.35. The minimum absolute atomic E-state index is 0.302. The zero-order valence-electron chi connectivity index (χ0n) is 12.4. The van der Waals surface area contributed by atoms with Gasteiger partial charge < -0.3 is 14.4 Å². The van der Waals surface area contributed by atoms with Gasteiger partial charge in [-0.1, -0.05) is 0 Å². The summed E-state index contributed by atoms with van der Waals surface area (Å²) in [5.74, 6) is -0.302. The van der Waals surface area contributed by atoms with Gasteiger partial charge in [0.05, 0.1) is 6.61 Å². The molecule has 0 saturated carbocycles. The Hall–Kier alpha value is -1.52. The standard InChI is InChI=1S/C14H23NO4/c1-6-18-12(16)10(2)11-7-8-15(9-11)13(17)19-14(3,4)5/h6-9H2,1-5H3. The monoisotopic (exact) mass is 269 g/mol. The normalized spacial score (nSPS) is 18.3. The van der Waals surface area contributed by atoms with Gasteiger partial charge in [0, 0.05) is 18.7 Å². The van der Waals surface area contributed by atoms with Crippen molar-refractivity contribution >= 4 is 12.1 Å². The molecule has 0 bridgehead atoms. The second-order valence-corrected chi connectivity index (χ2v) is 5.60. The summed E-state index contributed by atoms with van der Waals surface area (Å²) in [7, 11) is 0. The van der Waals surface area contributed by atoms with Crippen LogP contribution in [0, 0.1) is 0 Å². The van der Waals surface area contributed by atoms with Crippen LogP contribution in [0.4, 0.5) is 4.79 Å². The van der Waals surface area contributed by atoms with E-state index in [1.807, 2.05) is 20.8 Å². The van der Waals surface area contributed by atoms with E-state index in [0.29, 0.717) is 31.7 Å². The molecule has 108 valence electrons. The van der Waals surface area contributed by atoms with Gasteiger partial charge in [-0.25, -0.2) is 9.59 Å². The molecule has 1 aliphatic heterocycles. The molecule has 1 aliphatic rings. The molecule has 0 aromatic heterocycles. The topological polar surface area (TPSA) is 55.8 Å². The lowest BCUT2D eigenvalue weighted by Gasteiger charge is -2.24. The van der Waals surface area contributed by atoms with Crippen molar-refractivity contribution in [2.45, 2.75) is 46.6 Å². The number of amides is 1. The summed E-state index contributed by atoms with van der Waals surface area (Å²) >= 11 is 0. The first-order valence-electron chi connectivity index (χ1n) is 6.58. The molecule has 1 fully saturated rings. The number of nitrogens with zero attached hydrogens (tertiary/aromatic N) is 1. The van der Waals surface area contributed by atoms with Crippen molar-refractivity contribution in [1.82, 2.24) is 4.90 Å². The molecule has 5 heteroatoms. The molecule has 0 N–H and O–H groups in total. The molecule has 0 radical (unpaired) electrons. The number of likely N-dealkylation sites (tertiary alicyclic amines) is 1. The van der Waals surface area contributed by atoms with Crippen molar-refractivity contribution in [3.8, 4) is 0 Å². The first kappa shape index (κ1) is 15.5. The Labute approximate surface area is 114 Å². The molecule has 19 heavy (non-hydrogen) atoms.